The SMILES string of the molecule is O=C(C(O)C1CC1)N1CC(CNC(=O)C23CC4CC(CC(O)(C4)C2)C3)C1. The van der Waals surface area contributed by atoms with Crippen LogP contribution in [-0.4, -0.2) is 58.3 Å². The number of amides is 2. The van der Waals surface area contributed by atoms with E-state index >= 15 is 0 Å². The molecule has 1 heterocycles. The summed E-state index contributed by atoms with van der Waals surface area (Å²) in [5.74, 6) is 1.45. The van der Waals surface area contributed by atoms with Gasteiger partial charge in [-0.1, -0.05) is 0 Å². The van der Waals surface area contributed by atoms with E-state index in [4.69, 9.17) is 0 Å². The molecule has 0 spiro atoms. The average Bonchev–Trinajstić information content (AvgIpc) is 3.34. The molecule has 0 aromatic rings. The predicted octanol–water partition coefficient (Wildman–Crippen LogP) is 0.663. The van der Waals surface area contributed by atoms with Crippen LogP contribution in [-0.2, 0) is 9.59 Å². The molecule has 1 saturated heterocycles. The highest BCUT2D eigenvalue weighted by Gasteiger charge is 2.60. The number of aliphatic hydroxyl groups excluding tert-OH is 1. The number of hydrogen-bond donors (Lipinski definition) is 3. The first kappa shape index (κ1) is 17.0. The lowest BCUT2D eigenvalue weighted by atomic mass is 9.47. The second kappa shape index (κ2) is 5.68. The molecule has 4 bridgehead atoms. The minimum atomic E-state index is -0.821. The third kappa shape index (κ3) is 2.76. The summed E-state index contributed by atoms with van der Waals surface area (Å²) in [6.45, 7) is 1.85. The van der Waals surface area contributed by atoms with Crippen LogP contribution in [0, 0.1) is 29.1 Å². The van der Waals surface area contributed by atoms with Gasteiger partial charge in [-0.05, 0) is 69.1 Å². The summed E-state index contributed by atoms with van der Waals surface area (Å²) in [5, 5.41) is 23.9. The zero-order valence-corrected chi connectivity index (χ0v) is 15.3. The van der Waals surface area contributed by atoms with Crippen LogP contribution in [0.2, 0.25) is 0 Å². The van der Waals surface area contributed by atoms with Crippen molar-refractivity contribution in [1.29, 1.82) is 0 Å². The summed E-state index contributed by atoms with van der Waals surface area (Å²) in [4.78, 5) is 26.8. The van der Waals surface area contributed by atoms with Gasteiger partial charge in [-0.15, -0.1) is 0 Å². The lowest BCUT2D eigenvalue weighted by molar-refractivity contribution is -0.178. The molecule has 6 fully saturated rings. The Kier molecular flexibility index (Phi) is 3.71. The predicted molar refractivity (Wildman–Crippen MR) is 93.9 cm³/mol. The van der Waals surface area contributed by atoms with Crippen molar-refractivity contribution >= 4 is 11.8 Å². The van der Waals surface area contributed by atoms with Crippen molar-refractivity contribution in [2.75, 3.05) is 19.6 Å². The van der Waals surface area contributed by atoms with Crippen LogP contribution < -0.4 is 5.32 Å². The second-order valence-corrected chi connectivity index (χ2v) is 10.1. The van der Waals surface area contributed by atoms with Crippen LogP contribution in [0.25, 0.3) is 0 Å². The molecule has 3 atom stereocenters. The minimum Gasteiger partial charge on any atom is -0.390 e. The number of carbonyl (C=O) groups is 2. The van der Waals surface area contributed by atoms with E-state index in [2.05, 4.69) is 5.32 Å². The first-order chi connectivity index (χ1) is 12.4. The van der Waals surface area contributed by atoms with Crippen LogP contribution in [0.15, 0.2) is 0 Å². The van der Waals surface area contributed by atoms with Gasteiger partial charge in [0.25, 0.3) is 5.91 Å². The molecular weight excluding hydrogens is 332 g/mol. The van der Waals surface area contributed by atoms with Crippen LogP contribution in [0.3, 0.4) is 0 Å². The highest BCUT2D eigenvalue weighted by atomic mass is 16.3. The van der Waals surface area contributed by atoms with E-state index in [0.29, 0.717) is 37.9 Å². The van der Waals surface area contributed by atoms with Crippen molar-refractivity contribution in [1.82, 2.24) is 10.2 Å². The summed E-state index contributed by atoms with van der Waals surface area (Å²) >= 11 is 0. The third-order valence-corrected chi connectivity index (χ3v) is 7.65. The monoisotopic (exact) mass is 362 g/mol. The van der Waals surface area contributed by atoms with Gasteiger partial charge in [0.15, 0.2) is 0 Å². The molecule has 144 valence electrons. The fraction of sp³-hybridized carbons (Fsp3) is 0.900. The highest BCUT2D eigenvalue weighted by molar-refractivity contribution is 5.84. The van der Waals surface area contributed by atoms with Crippen molar-refractivity contribution in [3.8, 4) is 0 Å². The molecule has 0 aromatic heterocycles. The molecule has 6 nitrogen and oxygen atoms in total. The molecule has 0 aromatic carbocycles. The van der Waals surface area contributed by atoms with Gasteiger partial charge >= 0.3 is 0 Å². The van der Waals surface area contributed by atoms with Crippen LogP contribution >= 0.6 is 0 Å². The number of likely N-dealkylation sites (tertiary alicyclic amines) is 1. The van der Waals surface area contributed by atoms with Gasteiger partial charge in [-0.3, -0.25) is 9.59 Å². The van der Waals surface area contributed by atoms with Gasteiger partial charge < -0.3 is 20.4 Å². The molecule has 6 heteroatoms. The van der Waals surface area contributed by atoms with Crippen molar-refractivity contribution in [3.63, 3.8) is 0 Å². The van der Waals surface area contributed by atoms with E-state index < -0.39 is 11.7 Å². The van der Waals surface area contributed by atoms with Crippen LogP contribution in [0.4, 0.5) is 0 Å². The molecule has 3 unspecified atom stereocenters. The number of hydrogen-bond acceptors (Lipinski definition) is 4. The molecule has 26 heavy (non-hydrogen) atoms. The Morgan fingerprint density at radius 3 is 2.35 bits per heavy atom. The molecule has 6 aliphatic rings. The number of nitrogens with one attached hydrogen (secondary N) is 1. The van der Waals surface area contributed by atoms with Crippen molar-refractivity contribution in [2.24, 2.45) is 29.1 Å². The van der Waals surface area contributed by atoms with Crippen molar-refractivity contribution < 1.29 is 19.8 Å². The Labute approximate surface area is 154 Å². The van der Waals surface area contributed by atoms with Gasteiger partial charge in [0.1, 0.15) is 6.10 Å². The summed E-state index contributed by atoms with van der Waals surface area (Å²) in [7, 11) is 0. The lowest BCUT2D eigenvalue weighted by Gasteiger charge is -2.59. The lowest BCUT2D eigenvalue weighted by Crippen LogP contribution is -2.61. The quantitative estimate of drug-likeness (QED) is 0.670. The molecule has 3 N–H and O–H groups in total. The maximum Gasteiger partial charge on any atom is 0.251 e. The van der Waals surface area contributed by atoms with Crippen LogP contribution in [0.5, 0.6) is 0 Å². The molecule has 2 amide bonds. The Hall–Kier alpha value is -1.14. The van der Waals surface area contributed by atoms with Crippen molar-refractivity contribution in [2.45, 2.75) is 63.1 Å². The second-order valence-electron chi connectivity index (χ2n) is 10.1. The summed E-state index contributed by atoms with van der Waals surface area (Å²) < 4.78 is 0. The van der Waals surface area contributed by atoms with E-state index in [9.17, 15) is 19.8 Å². The smallest absolute Gasteiger partial charge is 0.251 e. The maximum atomic E-state index is 13.0. The van der Waals surface area contributed by atoms with E-state index in [1.165, 1.54) is 6.42 Å². The minimum absolute atomic E-state index is 0.118. The Morgan fingerprint density at radius 2 is 1.77 bits per heavy atom. The molecule has 6 rings (SSSR count). The maximum absolute atomic E-state index is 13.0. The standard InChI is InChI=1S/C20H30N2O4/c23-16(15-1-2-15)17(24)22-9-14(10-22)8-21-18(25)19-4-12-3-13(5-19)7-20(26,6-12)11-19/h12-16,23,26H,1-11H2,(H,21,25). The fourth-order valence-electron chi connectivity index (χ4n) is 6.58. The van der Waals surface area contributed by atoms with Gasteiger partial charge in [-0.2, -0.15) is 0 Å². The van der Waals surface area contributed by atoms with Crippen LogP contribution in [0.1, 0.15) is 51.4 Å². The fourth-order valence-corrected chi connectivity index (χ4v) is 6.58. The first-order valence-corrected chi connectivity index (χ1v) is 10.3. The zero-order chi connectivity index (χ0) is 18.1. The zero-order valence-electron chi connectivity index (χ0n) is 15.3. The third-order valence-electron chi connectivity index (χ3n) is 7.65. The summed E-state index contributed by atoms with van der Waals surface area (Å²) in [5.41, 5.74) is -0.972. The summed E-state index contributed by atoms with van der Waals surface area (Å²) in [6, 6.07) is 0. The Morgan fingerprint density at radius 1 is 1.12 bits per heavy atom. The Balaban J connectivity index is 1.13. The normalized spacial score (nSPS) is 42.5. The van der Waals surface area contributed by atoms with Gasteiger partial charge in [0.05, 0.1) is 11.0 Å². The van der Waals surface area contributed by atoms with Crippen molar-refractivity contribution in [3.05, 3.63) is 0 Å². The number of aliphatic hydroxyl groups is 2. The molecular formula is C20H30N2O4. The average molecular weight is 362 g/mol. The number of rotatable bonds is 5. The van der Waals surface area contributed by atoms with Gasteiger partial charge in [0.2, 0.25) is 5.91 Å². The van der Waals surface area contributed by atoms with Gasteiger partial charge in [0, 0.05) is 25.6 Å². The molecule has 5 aliphatic carbocycles. The highest BCUT2D eigenvalue weighted by Crippen LogP contribution is 2.61. The van der Waals surface area contributed by atoms with E-state index in [1.807, 2.05) is 0 Å². The topological polar surface area (TPSA) is 89.9 Å². The molecule has 1 aliphatic heterocycles. The Bertz CT molecular complexity index is 611. The van der Waals surface area contributed by atoms with E-state index in [1.54, 1.807) is 4.90 Å². The first-order valence-electron chi connectivity index (χ1n) is 10.3. The number of carbonyl (C=O) groups excluding carboxylic acids is 2. The number of nitrogens with zero attached hydrogens (tertiary/aromatic N) is 1. The molecule has 0 radical (unpaired) electrons. The largest absolute Gasteiger partial charge is 0.390 e. The van der Waals surface area contributed by atoms with E-state index in [-0.39, 0.29) is 29.1 Å². The van der Waals surface area contributed by atoms with E-state index in [0.717, 1.165) is 38.5 Å². The molecule has 5 saturated carbocycles. The summed E-state index contributed by atoms with van der Waals surface area (Å²) in [6.07, 6.45) is 6.51. The van der Waals surface area contributed by atoms with Gasteiger partial charge in [-0.25, -0.2) is 0 Å².